The van der Waals surface area contributed by atoms with Crippen LogP contribution in [0.1, 0.15) is 17.5 Å². The monoisotopic (exact) mass is 419 g/mol. The minimum atomic E-state index is -0.334. The fourth-order valence-corrected chi connectivity index (χ4v) is 4.06. The number of hydrogen-bond donors (Lipinski definition) is 2. The molecular weight excluding hydrogens is 401 g/mol. The average Bonchev–Trinajstić information content (AvgIpc) is 3.09. The van der Waals surface area contributed by atoms with Crippen molar-refractivity contribution in [3.63, 3.8) is 0 Å². The average molecular weight is 420 g/mol. The Morgan fingerprint density at radius 1 is 1.19 bits per heavy atom. The number of primary amides is 1. The molecule has 0 aliphatic heterocycles. The number of benzene rings is 2. The molecule has 1 heterocycles. The Balaban J connectivity index is 1.54. The van der Waals surface area contributed by atoms with Gasteiger partial charge in [0.25, 0.3) is 0 Å². The summed E-state index contributed by atoms with van der Waals surface area (Å²) in [5.41, 5.74) is 8.30. The number of carbonyl (C=O) groups excluding carboxylic acids is 1. The molecule has 140 valence electrons. The van der Waals surface area contributed by atoms with E-state index in [0.29, 0.717) is 10.0 Å². The summed E-state index contributed by atoms with van der Waals surface area (Å²) in [6.07, 6.45) is 3.89. The van der Waals surface area contributed by atoms with Crippen molar-refractivity contribution in [2.45, 2.75) is 19.3 Å². The van der Waals surface area contributed by atoms with Gasteiger partial charge in [-0.2, -0.15) is 0 Å². The number of halogens is 2. The number of anilines is 1. The Labute approximate surface area is 172 Å². The maximum absolute atomic E-state index is 11.1. The van der Waals surface area contributed by atoms with E-state index >= 15 is 0 Å². The van der Waals surface area contributed by atoms with Crippen LogP contribution in [-0.4, -0.2) is 17.4 Å². The number of carbonyl (C=O) groups is 1. The second-order valence-electron chi connectivity index (χ2n) is 6.14. The molecule has 27 heavy (non-hydrogen) atoms. The standard InChI is InChI=1S/C20H19Cl2N3OS/c21-16-7-6-14(17(22)11-16)5-2-8-24-20-25-12-18(27-20)15-4-1-3-13(9-15)10-19(23)26/h1,3-4,6-7,9,11-12H,2,5,8,10H2,(H2,23,26)(H,24,25). The Hall–Kier alpha value is -2.08. The zero-order valence-corrected chi connectivity index (χ0v) is 16.9. The van der Waals surface area contributed by atoms with Crippen molar-refractivity contribution in [3.8, 4) is 10.4 Å². The third kappa shape index (κ3) is 5.70. The fraction of sp³-hybridized carbons (Fsp3) is 0.200. The molecule has 4 nitrogen and oxygen atoms in total. The Bertz CT molecular complexity index is 942. The Morgan fingerprint density at radius 3 is 2.81 bits per heavy atom. The molecule has 1 amide bonds. The van der Waals surface area contributed by atoms with Crippen LogP contribution in [0.5, 0.6) is 0 Å². The number of amides is 1. The summed E-state index contributed by atoms with van der Waals surface area (Å²) in [5, 5.41) is 5.57. The predicted molar refractivity (Wildman–Crippen MR) is 114 cm³/mol. The molecule has 1 aromatic heterocycles. The Morgan fingerprint density at radius 2 is 2.04 bits per heavy atom. The molecule has 0 saturated carbocycles. The van der Waals surface area contributed by atoms with Crippen LogP contribution in [0.4, 0.5) is 5.13 Å². The van der Waals surface area contributed by atoms with Crippen LogP contribution in [0, 0.1) is 0 Å². The molecule has 3 aromatic rings. The van der Waals surface area contributed by atoms with Crippen LogP contribution in [0.15, 0.2) is 48.7 Å². The fourth-order valence-electron chi connectivity index (χ4n) is 2.72. The lowest BCUT2D eigenvalue weighted by Gasteiger charge is -2.05. The van der Waals surface area contributed by atoms with E-state index in [2.05, 4.69) is 10.3 Å². The maximum Gasteiger partial charge on any atom is 0.221 e. The molecule has 0 bridgehead atoms. The van der Waals surface area contributed by atoms with E-state index < -0.39 is 0 Å². The van der Waals surface area contributed by atoms with Gasteiger partial charge in [-0.1, -0.05) is 58.8 Å². The van der Waals surface area contributed by atoms with Crippen molar-refractivity contribution in [1.82, 2.24) is 4.98 Å². The molecule has 0 radical (unpaired) electrons. The smallest absolute Gasteiger partial charge is 0.221 e. The number of nitrogens with zero attached hydrogens (tertiary/aromatic N) is 1. The van der Waals surface area contributed by atoms with E-state index in [1.54, 1.807) is 17.4 Å². The van der Waals surface area contributed by atoms with Gasteiger partial charge in [0.1, 0.15) is 0 Å². The van der Waals surface area contributed by atoms with Crippen LogP contribution in [-0.2, 0) is 17.6 Å². The van der Waals surface area contributed by atoms with Crippen LogP contribution < -0.4 is 11.1 Å². The van der Waals surface area contributed by atoms with E-state index in [-0.39, 0.29) is 12.3 Å². The SMILES string of the molecule is NC(=O)Cc1cccc(-c2cnc(NCCCc3ccc(Cl)cc3Cl)s2)c1. The second-order valence-corrected chi connectivity index (χ2v) is 8.01. The van der Waals surface area contributed by atoms with Crippen molar-refractivity contribution in [1.29, 1.82) is 0 Å². The highest BCUT2D eigenvalue weighted by atomic mass is 35.5. The maximum atomic E-state index is 11.1. The van der Waals surface area contributed by atoms with Gasteiger partial charge in [-0.25, -0.2) is 4.98 Å². The first kappa shape index (κ1) is 19.7. The molecule has 2 aromatic carbocycles. The molecule has 7 heteroatoms. The van der Waals surface area contributed by atoms with Crippen molar-refractivity contribution in [3.05, 3.63) is 69.8 Å². The molecule has 0 aliphatic rings. The summed E-state index contributed by atoms with van der Waals surface area (Å²) in [4.78, 5) is 16.6. The van der Waals surface area contributed by atoms with Gasteiger partial charge in [0, 0.05) is 22.8 Å². The summed E-state index contributed by atoms with van der Waals surface area (Å²) < 4.78 is 0. The van der Waals surface area contributed by atoms with Gasteiger partial charge >= 0.3 is 0 Å². The second kappa shape index (κ2) is 9.22. The third-order valence-electron chi connectivity index (χ3n) is 4.01. The van der Waals surface area contributed by atoms with Gasteiger partial charge in [0.05, 0.1) is 11.3 Å². The lowest BCUT2D eigenvalue weighted by molar-refractivity contribution is -0.117. The minimum absolute atomic E-state index is 0.241. The molecule has 0 saturated heterocycles. The summed E-state index contributed by atoms with van der Waals surface area (Å²) in [6.45, 7) is 0.799. The molecular formula is C20H19Cl2N3OS. The molecule has 3 N–H and O–H groups in total. The minimum Gasteiger partial charge on any atom is -0.369 e. The topological polar surface area (TPSA) is 68.0 Å². The highest BCUT2D eigenvalue weighted by molar-refractivity contribution is 7.18. The van der Waals surface area contributed by atoms with Crippen LogP contribution >= 0.6 is 34.5 Å². The van der Waals surface area contributed by atoms with E-state index in [4.69, 9.17) is 28.9 Å². The number of thiazole rings is 1. The summed E-state index contributed by atoms with van der Waals surface area (Å²) in [5.74, 6) is -0.334. The van der Waals surface area contributed by atoms with E-state index in [1.807, 2.05) is 42.6 Å². The quantitative estimate of drug-likeness (QED) is 0.493. The molecule has 3 rings (SSSR count). The lowest BCUT2D eigenvalue weighted by atomic mass is 10.1. The van der Waals surface area contributed by atoms with Gasteiger partial charge in [-0.05, 0) is 47.7 Å². The third-order valence-corrected chi connectivity index (χ3v) is 5.60. The largest absolute Gasteiger partial charge is 0.369 e. The lowest BCUT2D eigenvalue weighted by Crippen LogP contribution is -2.13. The molecule has 0 aliphatic carbocycles. The number of aromatic nitrogens is 1. The normalized spacial score (nSPS) is 10.7. The molecule has 0 spiro atoms. The molecule has 0 fully saturated rings. The van der Waals surface area contributed by atoms with E-state index in [1.165, 1.54) is 0 Å². The number of hydrogen-bond acceptors (Lipinski definition) is 4. The summed E-state index contributed by atoms with van der Waals surface area (Å²) in [7, 11) is 0. The van der Waals surface area contributed by atoms with Crippen molar-refractivity contribution >= 4 is 45.6 Å². The highest BCUT2D eigenvalue weighted by Gasteiger charge is 2.07. The number of nitrogens with two attached hydrogens (primary N) is 1. The number of aryl methyl sites for hydroxylation is 1. The highest BCUT2D eigenvalue weighted by Crippen LogP contribution is 2.29. The van der Waals surface area contributed by atoms with Gasteiger partial charge < -0.3 is 11.1 Å². The zero-order valence-electron chi connectivity index (χ0n) is 14.5. The zero-order chi connectivity index (χ0) is 19.2. The van der Waals surface area contributed by atoms with Gasteiger partial charge in [-0.3, -0.25) is 4.79 Å². The van der Waals surface area contributed by atoms with E-state index in [9.17, 15) is 4.79 Å². The van der Waals surface area contributed by atoms with Gasteiger partial charge in [0.15, 0.2) is 5.13 Å². The first-order chi connectivity index (χ1) is 13.0. The molecule has 0 unspecified atom stereocenters. The summed E-state index contributed by atoms with van der Waals surface area (Å²) >= 11 is 13.7. The van der Waals surface area contributed by atoms with Crippen LogP contribution in [0.3, 0.4) is 0 Å². The Kier molecular flexibility index (Phi) is 6.72. The predicted octanol–water partition coefficient (Wildman–Crippen LogP) is 5.19. The van der Waals surface area contributed by atoms with Crippen LogP contribution in [0.2, 0.25) is 10.0 Å². The number of nitrogens with one attached hydrogen (secondary N) is 1. The van der Waals surface area contributed by atoms with Crippen LogP contribution in [0.25, 0.3) is 10.4 Å². The van der Waals surface area contributed by atoms with Crippen molar-refractivity contribution in [2.24, 2.45) is 5.73 Å². The van der Waals surface area contributed by atoms with Gasteiger partial charge in [0.2, 0.25) is 5.91 Å². The van der Waals surface area contributed by atoms with Gasteiger partial charge in [-0.15, -0.1) is 0 Å². The summed E-state index contributed by atoms with van der Waals surface area (Å²) in [6, 6.07) is 13.4. The molecule has 0 atom stereocenters. The van der Waals surface area contributed by atoms with Crippen molar-refractivity contribution in [2.75, 3.05) is 11.9 Å². The first-order valence-electron chi connectivity index (χ1n) is 8.52. The number of rotatable bonds is 8. The van der Waals surface area contributed by atoms with E-state index in [0.717, 1.165) is 46.1 Å². The first-order valence-corrected chi connectivity index (χ1v) is 10.1. The van der Waals surface area contributed by atoms with Crippen molar-refractivity contribution < 1.29 is 4.79 Å².